The lowest BCUT2D eigenvalue weighted by molar-refractivity contribution is 0.142. The molecule has 0 aromatic heterocycles. The Labute approximate surface area is 130 Å². The maximum atomic E-state index is 11.8. The van der Waals surface area contributed by atoms with Crippen LogP contribution in [0.3, 0.4) is 0 Å². The van der Waals surface area contributed by atoms with Crippen LogP contribution < -0.4 is 5.32 Å². The van der Waals surface area contributed by atoms with Crippen LogP contribution in [0.1, 0.15) is 29.9 Å². The number of carbonyl (C=O) groups excluding carboxylic acids is 1. The molecule has 0 aliphatic heterocycles. The zero-order chi connectivity index (χ0) is 14.9. The van der Waals surface area contributed by atoms with Gasteiger partial charge in [0.2, 0.25) is 0 Å². The molecule has 1 amide bonds. The fraction of sp³-hybridized carbons (Fsp3) is 0.316. The fourth-order valence-electron chi connectivity index (χ4n) is 3.20. The lowest BCUT2D eigenvalue weighted by Gasteiger charge is -2.14. The average molecular weight is 293 g/mol. The number of nitrogens with one attached hydrogen (secondary N) is 1. The molecule has 2 aromatic carbocycles. The SMILES string of the molecule is O=C(NCC1CC1)OCC1c2ccccc2-c2ccccc21. The predicted octanol–water partition coefficient (Wildman–Crippen LogP) is 3.94. The van der Waals surface area contributed by atoms with E-state index in [4.69, 9.17) is 4.74 Å². The predicted molar refractivity (Wildman–Crippen MR) is 85.8 cm³/mol. The van der Waals surface area contributed by atoms with Crippen LogP contribution in [-0.2, 0) is 4.74 Å². The van der Waals surface area contributed by atoms with E-state index in [1.54, 1.807) is 0 Å². The van der Waals surface area contributed by atoms with Crippen molar-refractivity contribution in [2.45, 2.75) is 18.8 Å². The largest absolute Gasteiger partial charge is 0.449 e. The number of ether oxygens (including phenoxy) is 1. The molecule has 0 unspecified atom stereocenters. The van der Waals surface area contributed by atoms with Gasteiger partial charge in [-0.1, -0.05) is 48.5 Å². The van der Waals surface area contributed by atoms with E-state index in [1.807, 2.05) is 12.1 Å². The molecule has 0 atom stereocenters. The molecule has 2 aliphatic carbocycles. The molecular formula is C19H19NO2. The van der Waals surface area contributed by atoms with Crippen LogP contribution in [0.4, 0.5) is 4.79 Å². The van der Waals surface area contributed by atoms with Crippen LogP contribution in [0, 0.1) is 5.92 Å². The van der Waals surface area contributed by atoms with Crippen LogP contribution in [0.15, 0.2) is 48.5 Å². The monoisotopic (exact) mass is 293 g/mol. The summed E-state index contributed by atoms with van der Waals surface area (Å²) in [4.78, 5) is 11.8. The minimum Gasteiger partial charge on any atom is -0.449 e. The van der Waals surface area contributed by atoms with Crippen molar-refractivity contribution >= 4 is 6.09 Å². The molecule has 3 heteroatoms. The van der Waals surface area contributed by atoms with Crippen molar-refractivity contribution in [1.82, 2.24) is 5.32 Å². The van der Waals surface area contributed by atoms with Gasteiger partial charge < -0.3 is 10.1 Å². The minimum absolute atomic E-state index is 0.138. The molecular weight excluding hydrogens is 274 g/mol. The van der Waals surface area contributed by atoms with Crippen LogP contribution >= 0.6 is 0 Å². The van der Waals surface area contributed by atoms with Crippen molar-refractivity contribution < 1.29 is 9.53 Å². The number of carbonyl (C=O) groups is 1. The Balaban J connectivity index is 1.50. The molecule has 1 fully saturated rings. The summed E-state index contributed by atoms with van der Waals surface area (Å²) in [6, 6.07) is 16.7. The summed E-state index contributed by atoms with van der Waals surface area (Å²) >= 11 is 0. The van der Waals surface area contributed by atoms with Gasteiger partial charge in [-0.05, 0) is 41.0 Å². The first-order valence-electron chi connectivity index (χ1n) is 7.92. The van der Waals surface area contributed by atoms with Gasteiger partial charge in [-0.3, -0.25) is 0 Å². The zero-order valence-corrected chi connectivity index (χ0v) is 12.4. The fourth-order valence-corrected chi connectivity index (χ4v) is 3.20. The van der Waals surface area contributed by atoms with Gasteiger partial charge in [0.1, 0.15) is 6.61 Å². The van der Waals surface area contributed by atoms with E-state index in [1.165, 1.54) is 35.1 Å². The number of rotatable bonds is 4. The van der Waals surface area contributed by atoms with Crippen LogP contribution in [0.5, 0.6) is 0 Å². The molecule has 22 heavy (non-hydrogen) atoms. The second-order valence-electron chi connectivity index (χ2n) is 6.15. The first kappa shape index (κ1) is 13.4. The Morgan fingerprint density at radius 2 is 1.59 bits per heavy atom. The van der Waals surface area contributed by atoms with E-state index in [9.17, 15) is 4.79 Å². The molecule has 112 valence electrons. The van der Waals surface area contributed by atoms with E-state index in [0.29, 0.717) is 12.5 Å². The minimum atomic E-state index is -0.297. The number of amides is 1. The second kappa shape index (κ2) is 5.48. The molecule has 1 N–H and O–H groups in total. The van der Waals surface area contributed by atoms with Crippen LogP contribution in [0.25, 0.3) is 11.1 Å². The third-order valence-corrected chi connectivity index (χ3v) is 4.58. The number of benzene rings is 2. The first-order chi connectivity index (χ1) is 10.8. The number of alkyl carbamates (subject to hydrolysis) is 1. The van der Waals surface area contributed by atoms with Crippen LogP contribution in [0.2, 0.25) is 0 Å². The Hall–Kier alpha value is -2.29. The van der Waals surface area contributed by atoms with Crippen molar-refractivity contribution in [2.75, 3.05) is 13.2 Å². The molecule has 1 saturated carbocycles. The summed E-state index contributed by atoms with van der Waals surface area (Å²) in [5, 5.41) is 2.86. The van der Waals surface area contributed by atoms with Crippen molar-refractivity contribution in [1.29, 1.82) is 0 Å². The molecule has 2 aromatic rings. The van der Waals surface area contributed by atoms with Gasteiger partial charge in [0.25, 0.3) is 0 Å². The first-order valence-corrected chi connectivity index (χ1v) is 7.92. The standard InChI is InChI=1S/C19H19NO2/c21-19(20-11-13-9-10-13)22-12-18-16-7-3-1-5-14(16)15-6-2-4-8-17(15)18/h1-8,13,18H,9-12H2,(H,20,21). The number of fused-ring (bicyclic) bond motifs is 3. The van der Waals surface area contributed by atoms with E-state index < -0.39 is 0 Å². The lowest BCUT2D eigenvalue weighted by atomic mass is 9.98. The molecule has 0 radical (unpaired) electrons. The molecule has 3 nitrogen and oxygen atoms in total. The normalized spacial score (nSPS) is 16.0. The lowest BCUT2D eigenvalue weighted by Crippen LogP contribution is -2.27. The molecule has 0 spiro atoms. The highest BCUT2D eigenvalue weighted by Gasteiger charge is 2.29. The number of hydrogen-bond acceptors (Lipinski definition) is 2. The van der Waals surface area contributed by atoms with Gasteiger partial charge in [0.15, 0.2) is 0 Å². The Morgan fingerprint density at radius 1 is 1.00 bits per heavy atom. The topological polar surface area (TPSA) is 38.3 Å². The van der Waals surface area contributed by atoms with Crippen LogP contribution in [-0.4, -0.2) is 19.2 Å². The summed E-state index contributed by atoms with van der Waals surface area (Å²) in [6.07, 6.45) is 2.15. The maximum absolute atomic E-state index is 11.8. The van der Waals surface area contributed by atoms with Crippen molar-refractivity contribution in [3.05, 3.63) is 59.7 Å². The molecule has 0 heterocycles. The third kappa shape index (κ3) is 2.47. The van der Waals surface area contributed by atoms with Gasteiger partial charge in [0.05, 0.1) is 0 Å². The van der Waals surface area contributed by atoms with Gasteiger partial charge in [-0.25, -0.2) is 4.79 Å². The highest BCUT2D eigenvalue weighted by Crippen LogP contribution is 2.44. The highest BCUT2D eigenvalue weighted by molar-refractivity contribution is 5.79. The summed E-state index contributed by atoms with van der Waals surface area (Å²) in [7, 11) is 0. The van der Waals surface area contributed by atoms with E-state index in [0.717, 1.165) is 6.54 Å². The van der Waals surface area contributed by atoms with Crippen molar-refractivity contribution in [2.24, 2.45) is 5.92 Å². The second-order valence-corrected chi connectivity index (χ2v) is 6.15. The van der Waals surface area contributed by atoms with Gasteiger partial charge in [-0.2, -0.15) is 0 Å². The molecule has 4 rings (SSSR count). The van der Waals surface area contributed by atoms with Gasteiger partial charge in [0, 0.05) is 12.5 Å². The smallest absolute Gasteiger partial charge is 0.407 e. The average Bonchev–Trinajstić information content (AvgIpc) is 3.33. The maximum Gasteiger partial charge on any atom is 0.407 e. The van der Waals surface area contributed by atoms with Crippen molar-refractivity contribution in [3.8, 4) is 11.1 Å². The molecule has 2 aliphatic rings. The zero-order valence-electron chi connectivity index (χ0n) is 12.4. The highest BCUT2D eigenvalue weighted by atomic mass is 16.5. The van der Waals surface area contributed by atoms with Gasteiger partial charge in [-0.15, -0.1) is 0 Å². The van der Waals surface area contributed by atoms with E-state index in [-0.39, 0.29) is 12.0 Å². The van der Waals surface area contributed by atoms with Gasteiger partial charge >= 0.3 is 6.09 Å². The number of hydrogen-bond donors (Lipinski definition) is 1. The third-order valence-electron chi connectivity index (χ3n) is 4.58. The quantitative estimate of drug-likeness (QED) is 0.927. The Bertz CT molecular complexity index is 661. The Morgan fingerprint density at radius 3 is 2.18 bits per heavy atom. The summed E-state index contributed by atoms with van der Waals surface area (Å²) in [5.74, 6) is 0.805. The molecule has 0 bridgehead atoms. The van der Waals surface area contributed by atoms with E-state index >= 15 is 0 Å². The van der Waals surface area contributed by atoms with Crippen molar-refractivity contribution in [3.63, 3.8) is 0 Å². The Kier molecular flexibility index (Phi) is 3.34. The summed E-state index contributed by atoms with van der Waals surface area (Å²) < 4.78 is 5.47. The van der Waals surface area contributed by atoms with E-state index in [2.05, 4.69) is 41.7 Å². The summed E-state index contributed by atoms with van der Waals surface area (Å²) in [5.41, 5.74) is 5.01. The molecule has 0 saturated heterocycles. The summed E-state index contributed by atoms with van der Waals surface area (Å²) in [6.45, 7) is 1.14.